The second-order valence-electron chi connectivity index (χ2n) is 5.73. The number of alkyl halides is 1. The van der Waals surface area contributed by atoms with E-state index in [-0.39, 0.29) is 5.41 Å². The Hall–Kier alpha value is -0.250. The molecule has 0 aliphatic heterocycles. The molecule has 1 unspecified atom stereocenters. The van der Waals surface area contributed by atoms with Crippen LogP contribution < -0.4 is 10.1 Å². The summed E-state index contributed by atoms with van der Waals surface area (Å²) in [5, 5.41) is 3.59. The van der Waals surface area contributed by atoms with Gasteiger partial charge in [0.05, 0.1) is 7.11 Å². The molecule has 4 heteroatoms. The van der Waals surface area contributed by atoms with E-state index in [1.807, 2.05) is 12.1 Å². The first-order chi connectivity index (χ1) is 8.88. The molecule has 1 atom stereocenters. The Morgan fingerprint density at radius 3 is 2.58 bits per heavy atom. The Labute approximate surface area is 130 Å². The van der Waals surface area contributed by atoms with Crippen LogP contribution in [0.1, 0.15) is 32.8 Å². The van der Waals surface area contributed by atoms with E-state index >= 15 is 0 Å². The summed E-state index contributed by atoms with van der Waals surface area (Å²) in [7, 11) is 1.70. The molecule has 0 spiro atoms. The van der Waals surface area contributed by atoms with Crippen LogP contribution in [0.15, 0.2) is 22.7 Å². The molecule has 0 radical (unpaired) electrons. The van der Waals surface area contributed by atoms with Gasteiger partial charge < -0.3 is 10.1 Å². The van der Waals surface area contributed by atoms with Gasteiger partial charge in [-0.2, -0.15) is 0 Å². The van der Waals surface area contributed by atoms with E-state index in [2.05, 4.69) is 48.1 Å². The van der Waals surface area contributed by atoms with Gasteiger partial charge in [0, 0.05) is 28.5 Å². The molecule has 0 bridgehead atoms. The van der Waals surface area contributed by atoms with Crippen molar-refractivity contribution in [3.05, 3.63) is 28.2 Å². The van der Waals surface area contributed by atoms with Crippen molar-refractivity contribution in [2.24, 2.45) is 5.41 Å². The van der Waals surface area contributed by atoms with Gasteiger partial charge in [-0.25, -0.2) is 0 Å². The number of nitrogens with one attached hydrogen (secondary N) is 1. The molecule has 0 fully saturated rings. The van der Waals surface area contributed by atoms with Crippen LogP contribution in [-0.2, 0) is 6.54 Å². The second kappa shape index (κ2) is 7.51. The molecule has 0 saturated heterocycles. The first-order valence-corrected chi connectivity index (χ1v) is 7.83. The molecule has 1 N–H and O–H groups in total. The summed E-state index contributed by atoms with van der Waals surface area (Å²) in [5.41, 5.74) is 1.34. The maximum atomic E-state index is 5.90. The number of methoxy groups -OCH3 is 1. The molecular formula is C15H23BrClNO. The summed E-state index contributed by atoms with van der Waals surface area (Å²) >= 11 is 9.39. The van der Waals surface area contributed by atoms with E-state index in [0.717, 1.165) is 28.8 Å². The average Bonchev–Trinajstić information content (AvgIpc) is 2.33. The van der Waals surface area contributed by atoms with Crippen LogP contribution in [0.5, 0.6) is 5.75 Å². The van der Waals surface area contributed by atoms with Crippen molar-refractivity contribution in [2.45, 2.75) is 39.8 Å². The maximum Gasteiger partial charge on any atom is 0.123 e. The topological polar surface area (TPSA) is 21.3 Å². The highest BCUT2D eigenvalue weighted by atomic mass is 79.9. The summed E-state index contributed by atoms with van der Waals surface area (Å²) in [5.74, 6) is 1.58. The van der Waals surface area contributed by atoms with Crippen LogP contribution in [0.4, 0.5) is 0 Å². The van der Waals surface area contributed by atoms with Crippen molar-refractivity contribution in [2.75, 3.05) is 13.0 Å². The predicted octanol–water partition coefficient (Wildman–Crippen LogP) is 4.59. The zero-order valence-electron chi connectivity index (χ0n) is 12.1. The number of ether oxygens (including phenoxy) is 1. The highest BCUT2D eigenvalue weighted by Gasteiger charge is 2.23. The van der Waals surface area contributed by atoms with Crippen LogP contribution >= 0.6 is 27.5 Å². The van der Waals surface area contributed by atoms with Gasteiger partial charge in [0.1, 0.15) is 5.75 Å². The van der Waals surface area contributed by atoms with Crippen LogP contribution in [0.2, 0.25) is 0 Å². The standard InChI is InChI=1S/C15H23BrClNO/c1-15(2,3)14(7-8-17)18-10-11-9-12(16)5-6-13(11)19-4/h5-6,9,14,18H,7-8,10H2,1-4H3. The number of benzene rings is 1. The molecule has 19 heavy (non-hydrogen) atoms. The van der Waals surface area contributed by atoms with Crippen molar-refractivity contribution in [1.82, 2.24) is 5.32 Å². The predicted molar refractivity (Wildman–Crippen MR) is 86.1 cm³/mol. The Morgan fingerprint density at radius 1 is 1.37 bits per heavy atom. The number of halogens is 2. The van der Waals surface area contributed by atoms with Gasteiger partial charge in [0.25, 0.3) is 0 Å². The summed E-state index contributed by atoms with van der Waals surface area (Å²) in [4.78, 5) is 0. The molecule has 1 rings (SSSR count). The minimum Gasteiger partial charge on any atom is -0.496 e. The third-order valence-electron chi connectivity index (χ3n) is 3.22. The molecule has 0 amide bonds. The fraction of sp³-hybridized carbons (Fsp3) is 0.600. The van der Waals surface area contributed by atoms with Crippen molar-refractivity contribution in [3.8, 4) is 5.75 Å². The lowest BCUT2D eigenvalue weighted by atomic mass is 9.85. The van der Waals surface area contributed by atoms with Crippen molar-refractivity contribution >= 4 is 27.5 Å². The number of rotatable bonds is 6. The Balaban J connectivity index is 2.76. The molecule has 0 aliphatic carbocycles. The first kappa shape index (κ1) is 16.8. The van der Waals surface area contributed by atoms with Crippen molar-refractivity contribution < 1.29 is 4.74 Å². The Bertz CT molecular complexity index is 404. The lowest BCUT2D eigenvalue weighted by Crippen LogP contribution is -2.40. The van der Waals surface area contributed by atoms with Gasteiger partial charge >= 0.3 is 0 Å². The monoisotopic (exact) mass is 347 g/mol. The molecule has 1 aromatic rings. The fourth-order valence-corrected chi connectivity index (χ4v) is 2.70. The smallest absolute Gasteiger partial charge is 0.123 e. The Kier molecular flexibility index (Phi) is 6.64. The third kappa shape index (κ3) is 5.33. The molecular weight excluding hydrogens is 326 g/mol. The number of hydrogen-bond acceptors (Lipinski definition) is 2. The molecule has 1 aromatic carbocycles. The molecule has 0 aliphatic rings. The molecule has 2 nitrogen and oxygen atoms in total. The highest BCUT2D eigenvalue weighted by molar-refractivity contribution is 9.10. The SMILES string of the molecule is COc1ccc(Br)cc1CNC(CCCl)C(C)(C)C. The van der Waals surface area contributed by atoms with E-state index < -0.39 is 0 Å². The second-order valence-corrected chi connectivity index (χ2v) is 7.03. The molecule has 108 valence electrons. The first-order valence-electron chi connectivity index (χ1n) is 6.50. The fourth-order valence-electron chi connectivity index (χ4n) is 2.07. The molecule has 0 heterocycles. The zero-order valence-corrected chi connectivity index (χ0v) is 14.4. The lowest BCUT2D eigenvalue weighted by Gasteiger charge is -2.31. The van der Waals surface area contributed by atoms with Crippen LogP contribution in [0.25, 0.3) is 0 Å². The summed E-state index contributed by atoms with van der Waals surface area (Å²) in [6.45, 7) is 7.47. The summed E-state index contributed by atoms with van der Waals surface area (Å²) < 4.78 is 6.46. The molecule has 0 saturated carbocycles. The largest absolute Gasteiger partial charge is 0.496 e. The van der Waals surface area contributed by atoms with Gasteiger partial charge in [-0.05, 0) is 30.0 Å². The van der Waals surface area contributed by atoms with Crippen molar-refractivity contribution in [3.63, 3.8) is 0 Å². The van der Waals surface area contributed by atoms with E-state index in [1.165, 1.54) is 0 Å². The molecule has 0 aromatic heterocycles. The van der Waals surface area contributed by atoms with E-state index in [1.54, 1.807) is 7.11 Å². The van der Waals surface area contributed by atoms with Crippen LogP contribution in [0, 0.1) is 5.41 Å². The van der Waals surface area contributed by atoms with Crippen LogP contribution in [0.3, 0.4) is 0 Å². The third-order valence-corrected chi connectivity index (χ3v) is 3.94. The van der Waals surface area contributed by atoms with E-state index in [9.17, 15) is 0 Å². The maximum absolute atomic E-state index is 5.90. The van der Waals surface area contributed by atoms with Gasteiger partial charge in [0.2, 0.25) is 0 Å². The van der Waals surface area contributed by atoms with Crippen molar-refractivity contribution in [1.29, 1.82) is 0 Å². The minimum atomic E-state index is 0.189. The van der Waals surface area contributed by atoms with E-state index in [0.29, 0.717) is 11.9 Å². The normalized spacial score (nSPS) is 13.4. The van der Waals surface area contributed by atoms with Gasteiger partial charge in [-0.3, -0.25) is 0 Å². The lowest BCUT2D eigenvalue weighted by molar-refractivity contribution is 0.259. The minimum absolute atomic E-state index is 0.189. The van der Waals surface area contributed by atoms with Gasteiger partial charge in [0.15, 0.2) is 0 Å². The summed E-state index contributed by atoms with van der Waals surface area (Å²) in [6, 6.07) is 6.44. The van der Waals surface area contributed by atoms with Crippen LogP contribution in [-0.4, -0.2) is 19.0 Å². The zero-order chi connectivity index (χ0) is 14.5. The average molecular weight is 349 g/mol. The number of hydrogen-bond donors (Lipinski definition) is 1. The van der Waals surface area contributed by atoms with E-state index in [4.69, 9.17) is 16.3 Å². The highest BCUT2D eigenvalue weighted by Crippen LogP contribution is 2.26. The van der Waals surface area contributed by atoms with Gasteiger partial charge in [-0.15, -0.1) is 11.6 Å². The summed E-state index contributed by atoms with van der Waals surface area (Å²) in [6.07, 6.45) is 0.960. The quantitative estimate of drug-likeness (QED) is 0.759. The van der Waals surface area contributed by atoms with Gasteiger partial charge in [-0.1, -0.05) is 36.7 Å². The Morgan fingerprint density at radius 2 is 2.05 bits per heavy atom.